The second-order valence-electron chi connectivity index (χ2n) is 16.3. The third-order valence-corrected chi connectivity index (χ3v) is 14.7. The van der Waals surface area contributed by atoms with Crippen molar-refractivity contribution in [1.29, 1.82) is 0 Å². The summed E-state index contributed by atoms with van der Waals surface area (Å²) in [4.78, 5) is 13.7. The zero-order valence-corrected chi connectivity index (χ0v) is 34.7. The van der Waals surface area contributed by atoms with Crippen LogP contribution in [0, 0.1) is 27.7 Å². The van der Waals surface area contributed by atoms with Crippen molar-refractivity contribution in [1.82, 2.24) is 0 Å². The summed E-state index contributed by atoms with van der Waals surface area (Å²) < 4.78 is 0. The Kier molecular flexibility index (Phi) is 14.8. The summed E-state index contributed by atoms with van der Waals surface area (Å²) in [7, 11) is 0. The van der Waals surface area contributed by atoms with Crippen LogP contribution in [0.3, 0.4) is 0 Å². The van der Waals surface area contributed by atoms with E-state index in [1.54, 1.807) is 0 Å². The SMILES string of the molecule is Cc1ccc(C2(C)CSc3cc(C)ccc3C2CCCCCC(=O)O)cc1.Cc1ccc(C2(C)CSc3cc(C)ccc3C2CCCCCCO)cc1. The fourth-order valence-electron chi connectivity index (χ4n) is 8.45. The molecule has 2 aliphatic heterocycles. The minimum atomic E-state index is -0.686. The molecule has 4 atom stereocenters. The zero-order chi connectivity index (χ0) is 38.0. The van der Waals surface area contributed by atoms with Crippen LogP contribution in [0.15, 0.2) is 94.7 Å². The van der Waals surface area contributed by atoms with Crippen molar-refractivity contribution in [3.63, 3.8) is 0 Å². The predicted molar refractivity (Wildman–Crippen MR) is 227 cm³/mol. The molecule has 4 aromatic carbocycles. The van der Waals surface area contributed by atoms with Crippen LogP contribution in [0.1, 0.15) is 134 Å². The molecule has 0 saturated heterocycles. The van der Waals surface area contributed by atoms with E-state index in [1.165, 1.54) is 73.6 Å². The fraction of sp³-hybridized carbons (Fsp3) is 0.479. The molecule has 0 amide bonds. The molecule has 5 heteroatoms. The molecule has 0 aliphatic carbocycles. The first-order valence-corrected chi connectivity index (χ1v) is 21.9. The number of rotatable bonds is 14. The van der Waals surface area contributed by atoms with Gasteiger partial charge in [-0.3, -0.25) is 4.79 Å². The Labute approximate surface area is 328 Å². The molecule has 0 bridgehead atoms. The van der Waals surface area contributed by atoms with Gasteiger partial charge in [0.05, 0.1) is 0 Å². The Balaban J connectivity index is 0.000000204. The second-order valence-corrected chi connectivity index (χ2v) is 18.3. The van der Waals surface area contributed by atoms with Crippen molar-refractivity contribution >= 4 is 29.5 Å². The van der Waals surface area contributed by atoms with Gasteiger partial charge in [-0.05, 0) is 99.6 Å². The van der Waals surface area contributed by atoms with Crippen LogP contribution in [0.25, 0.3) is 0 Å². The normalized spacial score (nSPS) is 21.9. The van der Waals surface area contributed by atoms with Crippen LogP contribution in [-0.2, 0) is 15.6 Å². The van der Waals surface area contributed by atoms with Crippen molar-refractivity contribution in [3.8, 4) is 0 Å². The molecule has 3 nitrogen and oxygen atoms in total. The summed E-state index contributed by atoms with van der Waals surface area (Å²) >= 11 is 4.01. The molecule has 0 spiro atoms. The number of aliphatic carboxylic acids is 1. The standard InChI is InChI=1S/C24H30O2S.C24H32OS/c1-17-9-12-19(13-10-17)24(3)16-27-22-15-18(2)11-14-20(22)21(24)7-5-4-6-8-23(25)26;1-18-9-12-20(13-10-18)24(3)17-26-23-16-19(2)11-14-21(23)22(24)8-6-4-5-7-15-25/h9-15,21H,4-8,16H2,1-3H3,(H,25,26);9-14,16,22,25H,4-8,15,17H2,1-3H3. The molecule has 6 rings (SSSR count). The minimum absolute atomic E-state index is 0.105. The Bertz CT molecular complexity index is 1780. The highest BCUT2D eigenvalue weighted by Crippen LogP contribution is 2.53. The van der Waals surface area contributed by atoms with Gasteiger partial charge < -0.3 is 10.2 Å². The van der Waals surface area contributed by atoms with Gasteiger partial charge in [-0.1, -0.05) is 141 Å². The maximum absolute atomic E-state index is 10.8. The third kappa shape index (κ3) is 10.4. The molecule has 53 heavy (non-hydrogen) atoms. The van der Waals surface area contributed by atoms with E-state index in [4.69, 9.17) is 10.2 Å². The molecular weight excluding hydrogens is 689 g/mol. The van der Waals surface area contributed by atoms with E-state index in [0.29, 0.717) is 18.4 Å². The Morgan fingerprint density at radius 1 is 0.585 bits per heavy atom. The van der Waals surface area contributed by atoms with Gasteiger partial charge in [0.2, 0.25) is 0 Å². The van der Waals surface area contributed by atoms with Gasteiger partial charge in [-0.2, -0.15) is 0 Å². The first-order valence-electron chi connectivity index (χ1n) is 19.9. The lowest BCUT2D eigenvalue weighted by Crippen LogP contribution is -2.36. The highest BCUT2D eigenvalue weighted by Gasteiger charge is 2.42. The van der Waals surface area contributed by atoms with Gasteiger partial charge in [0.15, 0.2) is 0 Å². The molecule has 0 aromatic heterocycles. The van der Waals surface area contributed by atoms with E-state index in [0.717, 1.165) is 50.0 Å². The molecule has 0 saturated carbocycles. The smallest absolute Gasteiger partial charge is 0.303 e. The number of thioether (sulfide) groups is 2. The van der Waals surface area contributed by atoms with E-state index in [2.05, 4.69) is 126 Å². The van der Waals surface area contributed by atoms with Crippen LogP contribution in [0.4, 0.5) is 0 Å². The van der Waals surface area contributed by atoms with Gasteiger partial charge in [0.25, 0.3) is 0 Å². The molecule has 4 unspecified atom stereocenters. The van der Waals surface area contributed by atoms with Crippen LogP contribution >= 0.6 is 23.5 Å². The number of benzene rings is 4. The number of aliphatic hydroxyl groups is 1. The van der Waals surface area contributed by atoms with Gasteiger partial charge in [0, 0.05) is 45.2 Å². The summed E-state index contributed by atoms with van der Waals surface area (Å²) in [5.74, 6) is 2.59. The zero-order valence-electron chi connectivity index (χ0n) is 33.0. The van der Waals surface area contributed by atoms with Crippen molar-refractivity contribution < 1.29 is 15.0 Å². The van der Waals surface area contributed by atoms with Gasteiger partial charge in [-0.25, -0.2) is 0 Å². The summed E-state index contributed by atoms with van der Waals surface area (Å²) in [6, 6.07) is 32.1. The molecule has 0 fully saturated rings. The largest absolute Gasteiger partial charge is 0.481 e. The first kappa shape index (κ1) is 41.2. The number of aliphatic hydroxyl groups excluding tert-OH is 1. The quantitative estimate of drug-likeness (QED) is 0.126. The van der Waals surface area contributed by atoms with Crippen LogP contribution in [0.2, 0.25) is 0 Å². The second kappa shape index (κ2) is 19.0. The fourth-order valence-corrected chi connectivity index (χ4v) is 11.4. The van der Waals surface area contributed by atoms with Crippen LogP contribution in [0.5, 0.6) is 0 Å². The molecule has 0 radical (unpaired) electrons. The third-order valence-electron chi connectivity index (χ3n) is 11.9. The number of carboxylic acids is 1. The van der Waals surface area contributed by atoms with E-state index in [9.17, 15) is 4.79 Å². The van der Waals surface area contributed by atoms with E-state index < -0.39 is 5.97 Å². The van der Waals surface area contributed by atoms with Crippen molar-refractivity contribution in [2.75, 3.05) is 18.1 Å². The highest BCUT2D eigenvalue weighted by atomic mass is 32.2. The Morgan fingerprint density at radius 2 is 0.981 bits per heavy atom. The average Bonchev–Trinajstić information content (AvgIpc) is 3.13. The lowest BCUT2D eigenvalue weighted by Gasteiger charge is -2.43. The Hall–Kier alpha value is -2.99. The summed E-state index contributed by atoms with van der Waals surface area (Å²) in [6.07, 6.45) is 10.0. The van der Waals surface area contributed by atoms with E-state index in [-0.39, 0.29) is 17.3 Å². The number of unbranched alkanes of at least 4 members (excludes halogenated alkanes) is 5. The number of hydrogen-bond donors (Lipinski definition) is 2. The predicted octanol–water partition coefficient (Wildman–Crippen LogP) is 12.9. The van der Waals surface area contributed by atoms with Crippen LogP contribution < -0.4 is 0 Å². The van der Waals surface area contributed by atoms with E-state index >= 15 is 0 Å². The maximum atomic E-state index is 10.8. The molecule has 4 aromatic rings. The number of fused-ring (bicyclic) bond motifs is 2. The van der Waals surface area contributed by atoms with Gasteiger partial charge in [-0.15, -0.1) is 23.5 Å². The number of aryl methyl sites for hydroxylation is 4. The average molecular weight is 751 g/mol. The van der Waals surface area contributed by atoms with Gasteiger partial charge in [0.1, 0.15) is 0 Å². The summed E-state index contributed by atoms with van der Waals surface area (Å²) in [5, 5.41) is 17.9. The molecule has 2 N–H and O–H groups in total. The van der Waals surface area contributed by atoms with E-state index in [1.807, 2.05) is 23.5 Å². The van der Waals surface area contributed by atoms with Crippen LogP contribution in [-0.4, -0.2) is 34.3 Å². The van der Waals surface area contributed by atoms with Crippen molar-refractivity contribution in [2.45, 2.75) is 138 Å². The number of carboxylic acid groups (broad SMARTS) is 1. The molecule has 2 aliphatic rings. The maximum Gasteiger partial charge on any atom is 0.303 e. The number of carbonyl (C=O) groups is 1. The monoisotopic (exact) mass is 750 g/mol. The first-order chi connectivity index (χ1) is 25.4. The number of hydrogen-bond acceptors (Lipinski definition) is 4. The summed E-state index contributed by atoms with van der Waals surface area (Å²) in [5.41, 5.74) is 11.5. The van der Waals surface area contributed by atoms with Gasteiger partial charge >= 0.3 is 5.97 Å². The highest BCUT2D eigenvalue weighted by molar-refractivity contribution is 7.99. The topological polar surface area (TPSA) is 57.5 Å². The van der Waals surface area contributed by atoms with Crippen molar-refractivity contribution in [2.24, 2.45) is 0 Å². The lowest BCUT2D eigenvalue weighted by molar-refractivity contribution is -0.137. The lowest BCUT2D eigenvalue weighted by atomic mass is 9.67. The molecule has 284 valence electrons. The molecule has 2 heterocycles. The summed E-state index contributed by atoms with van der Waals surface area (Å²) in [6.45, 7) is 13.9. The minimum Gasteiger partial charge on any atom is -0.481 e. The molecular formula is C48H62O3S2. The Morgan fingerprint density at radius 3 is 1.40 bits per heavy atom. The van der Waals surface area contributed by atoms with Crippen molar-refractivity contribution in [3.05, 3.63) is 129 Å².